The summed E-state index contributed by atoms with van der Waals surface area (Å²) in [4.78, 5) is 5.03. The summed E-state index contributed by atoms with van der Waals surface area (Å²) in [5, 5.41) is 3.55. The quantitative estimate of drug-likeness (QED) is 0.663. The van der Waals surface area contributed by atoms with Gasteiger partial charge in [0.05, 0.1) is 0 Å². The number of likely N-dealkylation sites (N-methyl/N-ethyl adjacent to an activating group) is 1. The average Bonchev–Trinajstić information content (AvgIpc) is 2.74. The van der Waals surface area contributed by atoms with Gasteiger partial charge in [0, 0.05) is 31.7 Å². The zero-order valence-electron chi connectivity index (χ0n) is 11.5. The van der Waals surface area contributed by atoms with Crippen molar-refractivity contribution in [1.29, 1.82) is 0 Å². The van der Waals surface area contributed by atoms with Gasteiger partial charge in [-0.2, -0.15) is 0 Å². The van der Waals surface area contributed by atoms with Crippen LogP contribution in [0.4, 0.5) is 0 Å². The van der Waals surface area contributed by atoms with Crippen LogP contribution in [0.2, 0.25) is 0 Å². The smallest absolute Gasteiger partial charge is 0.0229 e. The summed E-state index contributed by atoms with van der Waals surface area (Å²) in [6.07, 6.45) is 3.82. The maximum absolute atomic E-state index is 3.55. The zero-order chi connectivity index (χ0) is 12.0. The Kier molecular flexibility index (Phi) is 6.32. The second kappa shape index (κ2) is 7.25. The van der Waals surface area contributed by atoms with Crippen LogP contribution in [0.5, 0.6) is 0 Å². The molecule has 16 heavy (non-hydrogen) atoms. The Labute approximate surface area is 101 Å². The molecular weight excluding hydrogens is 198 g/mol. The molecule has 1 heterocycles. The fourth-order valence-electron chi connectivity index (χ4n) is 2.50. The normalized spacial score (nSPS) is 24.2. The SMILES string of the molecule is CCCNCC(CC)N1CCC(N(C)C)C1. The molecule has 2 unspecified atom stereocenters. The lowest BCUT2D eigenvalue weighted by molar-refractivity contribution is 0.206. The molecule has 1 fully saturated rings. The van der Waals surface area contributed by atoms with Gasteiger partial charge in [-0.1, -0.05) is 13.8 Å². The second-order valence-corrected chi connectivity index (χ2v) is 5.17. The van der Waals surface area contributed by atoms with Crippen LogP contribution in [0.25, 0.3) is 0 Å². The average molecular weight is 227 g/mol. The molecule has 0 saturated carbocycles. The summed E-state index contributed by atoms with van der Waals surface area (Å²) in [6, 6.07) is 1.50. The van der Waals surface area contributed by atoms with E-state index in [-0.39, 0.29) is 0 Å². The van der Waals surface area contributed by atoms with E-state index in [4.69, 9.17) is 0 Å². The summed E-state index contributed by atoms with van der Waals surface area (Å²) in [7, 11) is 4.40. The number of hydrogen-bond acceptors (Lipinski definition) is 3. The Morgan fingerprint density at radius 3 is 2.62 bits per heavy atom. The van der Waals surface area contributed by atoms with Crippen LogP contribution in [0, 0.1) is 0 Å². The molecule has 3 heteroatoms. The molecule has 0 aromatic rings. The van der Waals surface area contributed by atoms with Crippen molar-refractivity contribution in [1.82, 2.24) is 15.1 Å². The van der Waals surface area contributed by atoms with Crippen LogP contribution < -0.4 is 5.32 Å². The first kappa shape index (κ1) is 13.9. The number of nitrogens with one attached hydrogen (secondary N) is 1. The van der Waals surface area contributed by atoms with E-state index in [1.807, 2.05) is 0 Å². The number of nitrogens with zero attached hydrogens (tertiary/aromatic N) is 2. The number of hydrogen-bond donors (Lipinski definition) is 1. The molecule has 0 radical (unpaired) electrons. The molecule has 0 spiro atoms. The van der Waals surface area contributed by atoms with E-state index in [0.29, 0.717) is 0 Å². The topological polar surface area (TPSA) is 18.5 Å². The predicted molar refractivity (Wildman–Crippen MR) is 70.9 cm³/mol. The van der Waals surface area contributed by atoms with Crippen molar-refractivity contribution in [3.05, 3.63) is 0 Å². The van der Waals surface area contributed by atoms with Crippen LogP contribution in [-0.2, 0) is 0 Å². The first-order valence-electron chi connectivity index (χ1n) is 6.80. The van der Waals surface area contributed by atoms with Crippen LogP contribution >= 0.6 is 0 Å². The first-order chi connectivity index (χ1) is 7.69. The third kappa shape index (κ3) is 4.04. The Balaban J connectivity index is 2.31. The number of rotatable bonds is 7. The van der Waals surface area contributed by atoms with Crippen molar-refractivity contribution in [2.24, 2.45) is 0 Å². The minimum absolute atomic E-state index is 0.733. The van der Waals surface area contributed by atoms with Crippen molar-refractivity contribution >= 4 is 0 Å². The monoisotopic (exact) mass is 227 g/mol. The molecular formula is C13H29N3. The molecule has 0 bridgehead atoms. The van der Waals surface area contributed by atoms with Crippen molar-refractivity contribution in [2.75, 3.05) is 40.3 Å². The molecule has 0 amide bonds. The van der Waals surface area contributed by atoms with Gasteiger partial charge in [0.25, 0.3) is 0 Å². The fourth-order valence-corrected chi connectivity index (χ4v) is 2.50. The second-order valence-electron chi connectivity index (χ2n) is 5.17. The molecule has 0 aromatic carbocycles. The van der Waals surface area contributed by atoms with Gasteiger partial charge in [-0.15, -0.1) is 0 Å². The molecule has 1 saturated heterocycles. The predicted octanol–water partition coefficient (Wildman–Crippen LogP) is 1.40. The summed E-state index contributed by atoms with van der Waals surface area (Å²) in [5.74, 6) is 0. The minimum Gasteiger partial charge on any atom is -0.315 e. The third-order valence-electron chi connectivity index (χ3n) is 3.72. The maximum Gasteiger partial charge on any atom is 0.0229 e. The van der Waals surface area contributed by atoms with Crippen molar-refractivity contribution in [3.63, 3.8) is 0 Å². The van der Waals surface area contributed by atoms with E-state index in [1.165, 1.54) is 32.4 Å². The fraction of sp³-hybridized carbons (Fsp3) is 1.00. The van der Waals surface area contributed by atoms with Crippen molar-refractivity contribution in [2.45, 2.75) is 45.2 Å². The summed E-state index contributed by atoms with van der Waals surface area (Å²) in [6.45, 7) is 9.37. The summed E-state index contributed by atoms with van der Waals surface area (Å²) in [5.41, 5.74) is 0. The van der Waals surface area contributed by atoms with E-state index in [1.54, 1.807) is 0 Å². The Hall–Kier alpha value is -0.120. The van der Waals surface area contributed by atoms with Crippen LogP contribution in [-0.4, -0.2) is 62.2 Å². The van der Waals surface area contributed by atoms with Gasteiger partial charge < -0.3 is 10.2 Å². The van der Waals surface area contributed by atoms with E-state index in [9.17, 15) is 0 Å². The van der Waals surface area contributed by atoms with Crippen LogP contribution in [0.15, 0.2) is 0 Å². The lowest BCUT2D eigenvalue weighted by Gasteiger charge is -2.28. The Morgan fingerprint density at radius 2 is 2.12 bits per heavy atom. The van der Waals surface area contributed by atoms with Gasteiger partial charge in [-0.25, -0.2) is 0 Å². The van der Waals surface area contributed by atoms with Gasteiger partial charge in [-0.05, 0) is 39.9 Å². The highest BCUT2D eigenvalue weighted by Crippen LogP contribution is 2.17. The van der Waals surface area contributed by atoms with E-state index < -0.39 is 0 Å². The van der Waals surface area contributed by atoms with Gasteiger partial charge >= 0.3 is 0 Å². The minimum atomic E-state index is 0.733. The molecule has 2 atom stereocenters. The lowest BCUT2D eigenvalue weighted by atomic mass is 10.2. The summed E-state index contributed by atoms with van der Waals surface area (Å²) < 4.78 is 0. The van der Waals surface area contributed by atoms with Crippen LogP contribution in [0.3, 0.4) is 0 Å². The largest absolute Gasteiger partial charge is 0.315 e. The molecule has 1 N–H and O–H groups in total. The van der Waals surface area contributed by atoms with Crippen molar-refractivity contribution in [3.8, 4) is 0 Å². The lowest BCUT2D eigenvalue weighted by Crippen LogP contribution is -2.42. The molecule has 3 nitrogen and oxygen atoms in total. The maximum atomic E-state index is 3.55. The Bertz CT molecular complexity index is 182. The molecule has 1 aliphatic rings. The van der Waals surface area contributed by atoms with Crippen LogP contribution in [0.1, 0.15) is 33.1 Å². The van der Waals surface area contributed by atoms with E-state index in [2.05, 4.69) is 43.1 Å². The first-order valence-corrected chi connectivity index (χ1v) is 6.80. The van der Waals surface area contributed by atoms with E-state index >= 15 is 0 Å². The number of likely N-dealkylation sites (tertiary alicyclic amines) is 1. The van der Waals surface area contributed by atoms with Gasteiger partial charge in [0.15, 0.2) is 0 Å². The van der Waals surface area contributed by atoms with Crippen molar-refractivity contribution < 1.29 is 0 Å². The zero-order valence-corrected chi connectivity index (χ0v) is 11.5. The molecule has 0 aliphatic carbocycles. The molecule has 96 valence electrons. The standard InChI is InChI=1S/C13H29N3/c1-5-8-14-10-12(6-2)16-9-7-13(11-16)15(3)4/h12-14H,5-11H2,1-4H3. The summed E-state index contributed by atoms with van der Waals surface area (Å²) >= 11 is 0. The molecule has 1 aliphatic heterocycles. The van der Waals surface area contributed by atoms with Gasteiger partial charge in [0.2, 0.25) is 0 Å². The molecule has 1 rings (SSSR count). The third-order valence-corrected chi connectivity index (χ3v) is 3.72. The highest BCUT2D eigenvalue weighted by molar-refractivity contribution is 4.85. The Morgan fingerprint density at radius 1 is 1.38 bits per heavy atom. The van der Waals surface area contributed by atoms with Gasteiger partial charge in [-0.3, -0.25) is 4.90 Å². The highest BCUT2D eigenvalue weighted by atomic mass is 15.3. The van der Waals surface area contributed by atoms with Gasteiger partial charge in [0.1, 0.15) is 0 Å². The molecule has 0 aromatic heterocycles. The van der Waals surface area contributed by atoms with E-state index in [0.717, 1.165) is 25.2 Å². The highest BCUT2D eigenvalue weighted by Gasteiger charge is 2.27.